The van der Waals surface area contributed by atoms with Crippen molar-refractivity contribution in [2.45, 2.75) is 58.0 Å². The van der Waals surface area contributed by atoms with Crippen LogP contribution in [0.25, 0.3) is 0 Å². The number of anilines is 1. The third-order valence-electron chi connectivity index (χ3n) is 5.24. The molecule has 0 atom stereocenters. The summed E-state index contributed by atoms with van der Waals surface area (Å²) in [4.78, 5) is 16.8. The number of pyridine rings is 1. The number of phosphoric ester groups is 1. The molecule has 1 aromatic carbocycles. The Kier molecular flexibility index (Phi) is 13.4. The highest BCUT2D eigenvalue weighted by molar-refractivity contribution is 7.80. The number of carbonyl (C=O) groups excluding carboxylic acids is 1. The number of aromatic nitrogens is 1. The highest BCUT2D eigenvalue weighted by Crippen LogP contribution is 2.51. The predicted octanol–water partition coefficient (Wildman–Crippen LogP) is 6.85. The molecule has 0 radical (unpaired) electrons. The third-order valence-corrected chi connectivity index (χ3v) is 10.4. The van der Waals surface area contributed by atoms with Gasteiger partial charge in [-0.25, -0.2) is 9.36 Å². The Labute approximate surface area is 254 Å². The number of rotatable bonds is 15. The van der Waals surface area contributed by atoms with Crippen LogP contribution in [0, 0.1) is 0 Å². The van der Waals surface area contributed by atoms with Gasteiger partial charge in [-0.2, -0.15) is 5.10 Å². The number of ether oxygens (including phenoxy) is 1. The van der Waals surface area contributed by atoms with Crippen LogP contribution in [0.5, 0.6) is 5.75 Å². The maximum absolute atomic E-state index is 13.7. The molecule has 16 heteroatoms. The van der Waals surface area contributed by atoms with E-state index in [-0.39, 0.29) is 30.7 Å². The summed E-state index contributed by atoms with van der Waals surface area (Å²) in [5.41, 5.74) is 8.88. The summed E-state index contributed by atoms with van der Waals surface area (Å²) in [5, 5.41) is 6.79. The minimum Gasteiger partial charge on any atom is -0.444 e. The number of nitrogens with zero attached hydrogens (tertiary/aromatic N) is 2. The van der Waals surface area contributed by atoms with E-state index in [0.29, 0.717) is 22.0 Å². The first kappa shape index (κ1) is 34.9. The zero-order valence-corrected chi connectivity index (χ0v) is 28.7. The number of halogens is 1. The lowest BCUT2D eigenvalue weighted by Crippen LogP contribution is -2.24. The molecule has 0 spiro atoms. The van der Waals surface area contributed by atoms with E-state index < -0.39 is 30.1 Å². The van der Waals surface area contributed by atoms with E-state index in [1.165, 1.54) is 18.5 Å². The minimum absolute atomic E-state index is 0.0143. The topological polar surface area (TPSA) is 146 Å². The number of benzene rings is 1. The van der Waals surface area contributed by atoms with Gasteiger partial charge in [0.25, 0.3) is 0 Å². The molecule has 2 rings (SSSR count). The highest BCUT2D eigenvalue weighted by Gasteiger charge is 2.32. The quantitative estimate of drug-likeness (QED) is 0.0610. The van der Waals surface area contributed by atoms with E-state index >= 15 is 0 Å². The molecule has 1 aromatic heterocycles. The molecule has 4 N–H and O–H groups in total. The summed E-state index contributed by atoms with van der Waals surface area (Å²) in [6.07, 6.45) is 2.12. The number of nitrogens with one attached hydrogen (secondary N) is 2. The van der Waals surface area contributed by atoms with E-state index in [1.807, 2.05) is 0 Å². The Hall–Kier alpha value is -2.33. The molecule has 1 heterocycles. The number of nitrogens with two attached hydrogens (primary N) is 1. The molecule has 0 saturated carbocycles. The van der Waals surface area contributed by atoms with Crippen molar-refractivity contribution in [3.05, 3.63) is 52.8 Å². The van der Waals surface area contributed by atoms with Gasteiger partial charge in [0, 0.05) is 32.9 Å². The Balaban J connectivity index is 2.16. The van der Waals surface area contributed by atoms with Crippen LogP contribution >= 0.6 is 31.6 Å². The number of hydrazone groups is 1. The van der Waals surface area contributed by atoms with E-state index in [1.54, 1.807) is 24.3 Å². The van der Waals surface area contributed by atoms with Crippen molar-refractivity contribution in [2.24, 2.45) is 10.8 Å². The van der Waals surface area contributed by atoms with Gasteiger partial charge in [0.05, 0.1) is 25.1 Å². The van der Waals surface area contributed by atoms with Gasteiger partial charge in [0.15, 0.2) is 5.11 Å². The highest BCUT2D eigenvalue weighted by atomic mass is 35.5. The van der Waals surface area contributed by atoms with E-state index in [0.717, 1.165) is 12.1 Å². The van der Waals surface area contributed by atoms with Crippen molar-refractivity contribution in [2.75, 3.05) is 18.5 Å². The fourth-order valence-corrected chi connectivity index (χ4v) is 6.15. The largest absolute Gasteiger partial charge is 0.530 e. The molecular formula is C25H39ClN5O6PSSi2. The number of phosphoric acid groups is 1. The average molecular weight is 660 g/mol. The molecule has 11 nitrogen and oxygen atoms in total. The number of carbonyl (C=O) groups is 1. The summed E-state index contributed by atoms with van der Waals surface area (Å²) in [7, 11) is -6.94. The van der Waals surface area contributed by atoms with Crippen LogP contribution in [0.2, 0.25) is 56.4 Å². The van der Waals surface area contributed by atoms with Gasteiger partial charge in [0.2, 0.25) is 0 Å². The molecule has 226 valence electrons. The van der Waals surface area contributed by atoms with Crippen LogP contribution in [-0.2, 0) is 25.0 Å². The van der Waals surface area contributed by atoms with Crippen LogP contribution in [0.15, 0.2) is 41.6 Å². The molecule has 1 amide bonds. The smallest absolute Gasteiger partial charge is 0.444 e. The zero-order chi connectivity index (χ0) is 30.7. The normalized spacial score (nSPS) is 12.3. The van der Waals surface area contributed by atoms with Gasteiger partial charge < -0.3 is 15.0 Å². The second-order valence-electron chi connectivity index (χ2n) is 11.4. The Morgan fingerprint density at radius 3 is 2.34 bits per heavy atom. The van der Waals surface area contributed by atoms with Gasteiger partial charge in [-0.3, -0.25) is 24.8 Å². The standard InChI is InChI=1S/C25H39ClN5O6PSSi2/c1-40(2,3)14-12-35-38(33,36-13-15-41(4,5)6)37-23-16-20(26)10-9-19(23)18-34-25(32)30-21-8-7-11-28-22(21)17-29-31-24(27)39/h7-11,16-17H,12-15,18H2,1-6H3,(H,30,32)(H3,27,31,39)/b29-17+. The minimum atomic E-state index is -4.00. The summed E-state index contributed by atoms with van der Waals surface area (Å²) in [6, 6.07) is 9.53. The number of amides is 1. The average Bonchev–Trinajstić information content (AvgIpc) is 2.82. The van der Waals surface area contributed by atoms with Gasteiger partial charge >= 0.3 is 13.9 Å². The second kappa shape index (κ2) is 15.8. The van der Waals surface area contributed by atoms with Crippen LogP contribution in [0.4, 0.5) is 10.5 Å². The van der Waals surface area contributed by atoms with Crippen molar-refractivity contribution >= 4 is 70.9 Å². The van der Waals surface area contributed by atoms with E-state index in [4.69, 9.17) is 47.9 Å². The molecule has 0 bridgehead atoms. The molecular weight excluding hydrogens is 621 g/mol. The van der Waals surface area contributed by atoms with Crippen molar-refractivity contribution in [1.82, 2.24) is 10.4 Å². The molecule has 41 heavy (non-hydrogen) atoms. The molecule has 0 saturated heterocycles. The van der Waals surface area contributed by atoms with Gasteiger partial charge in [-0.1, -0.05) is 56.9 Å². The fraction of sp³-hybridized carbons (Fsp3) is 0.440. The monoisotopic (exact) mass is 659 g/mol. The van der Waals surface area contributed by atoms with Gasteiger partial charge in [-0.15, -0.1) is 0 Å². The molecule has 0 aliphatic heterocycles. The van der Waals surface area contributed by atoms with Crippen molar-refractivity contribution < 1.29 is 27.7 Å². The molecule has 2 aromatic rings. The van der Waals surface area contributed by atoms with Crippen LogP contribution in [0.1, 0.15) is 11.3 Å². The zero-order valence-electron chi connectivity index (χ0n) is 24.2. The molecule has 0 aliphatic rings. The predicted molar refractivity (Wildman–Crippen MR) is 173 cm³/mol. The summed E-state index contributed by atoms with van der Waals surface area (Å²) in [6.45, 7) is 13.4. The fourth-order valence-electron chi connectivity index (χ4n) is 2.94. The summed E-state index contributed by atoms with van der Waals surface area (Å²) in [5.74, 6) is 0.132. The van der Waals surface area contributed by atoms with E-state index in [2.05, 4.69) is 60.1 Å². The maximum atomic E-state index is 13.7. The second-order valence-corrected chi connectivity index (χ2v) is 25.2. The number of thiocarbonyl (C=S) groups is 1. The number of hydrogen-bond donors (Lipinski definition) is 3. The Bertz CT molecular complexity index is 1250. The Morgan fingerprint density at radius 2 is 1.76 bits per heavy atom. The van der Waals surface area contributed by atoms with Crippen molar-refractivity contribution in [3.63, 3.8) is 0 Å². The SMILES string of the molecule is C[Si](C)(C)CCOP(=O)(OCC[Si](C)(C)C)Oc1cc(Cl)ccc1COC(=O)Nc1cccnc1/C=N/NC(N)=S. The summed E-state index contributed by atoms with van der Waals surface area (Å²) < 4.78 is 36.5. The van der Waals surface area contributed by atoms with Crippen LogP contribution < -0.4 is 21.0 Å². The lowest BCUT2D eigenvalue weighted by atomic mass is 10.2. The first-order valence-electron chi connectivity index (χ1n) is 12.9. The van der Waals surface area contributed by atoms with E-state index in [9.17, 15) is 9.36 Å². The maximum Gasteiger partial charge on any atom is 0.530 e. The molecule has 0 fully saturated rings. The first-order valence-corrected chi connectivity index (χ1v) is 22.6. The molecule has 0 aliphatic carbocycles. The van der Waals surface area contributed by atoms with Gasteiger partial charge in [-0.05, 0) is 48.6 Å². The van der Waals surface area contributed by atoms with Crippen molar-refractivity contribution in [1.29, 1.82) is 0 Å². The van der Waals surface area contributed by atoms with Crippen LogP contribution in [-0.4, -0.2) is 51.8 Å². The van der Waals surface area contributed by atoms with Crippen molar-refractivity contribution in [3.8, 4) is 5.75 Å². The van der Waals surface area contributed by atoms with Gasteiger partial charge in [0.1, 0.15) is 18.1 Å². The Morgan fingerprint density at radius 1 is 1.12 bits per heavy atom. The molecule has 0 unspecified atom stereocenters. The lowest BCUT2D eigenvalue weighted by Gasteiger charge is -2.23. The summed E-state index contributed by atoms with van der Waals surface area (Å²) >= 11 is 10.9. The first-order chi connectivity index (χ1) is 19.1. The third kappa shape index (κ3) is 14.4. The number of hydrogen-bond acceptors (Lipinski definition) is 9. The lowest BCUT2D eigenvalue weighted by molar-refractivity contribution is 0.151. The van der Waals surface area contributed by atoms with Crippen LogP contribution in [0.3, 0.4) is 0 Å².